The van der Waals surface area contributed by atoms with Crippen molar-refractivity contribution < 1.29 is 9.73 Å². The first-order valence-corrected chi connectivity index (χ1v) is 6.21. The lowest BCUT2D eigenvalue weighted by Gasteiger charge is -1.93. The van der Waals surface area contributed by atoms with Gasteiger partial charge < -0.3 is 4.52 Å². The Bertz CT molecular complexity index is 748. The number of hydrogen-bond acceptors (Lipinski definition) is 7. The minimum absolute atomic E-state index is 0.394. The second kappa shape index (κ2) is 4.75. The van der Waals surface area contributed by atoms with Gasteiger partial charge in [-0.3, -0.25) is 10.7 Å². The van der Waals surface area contributed by atoms with Crippen LogP contribution in [-0.2, 0) is 0 Å². The molecule has 0 aliphatic carbocycles. The van der Waals surface area contributed by atoms with E-state index in [1.54, 1.807) is 13.1 Å². The quantitative estimate of drug-likeness (QED) is 0.432. The molecule has 0 bridgehead atoms. The summed E-state index contributed by atoms with van der Waals surface area (Å²) in [5, 5.41) is 13.3. The highest BCUT2D eigenvalue weighted by Gasteiger charge is 2.18. The Morgan fingerprint density at radius 1 is 1.53 bits per heavy atom. The van der Waals surface area contributed by atoms with Crippen molar-refractivity contribution in [2.45, 2.75) is 6.92 Å². The molecule has 0 aromatic carbocycles. The number of hydrogen-bond donors (Lipinski definition) is 2. The van der Waals surface area contributed by atoms with Gasteiger partial charge in [0.1, 0.15) is 16.0 Å². The summed E-state index contributed by atoms with van der Waals surface area (Å²) in [7, 11) is 0. The van der Waals surface area contributed by atoms with Gasteiger partial charge in [-0.2, -0.15) is 4.98 Å². The van der Waals surface area contributed by atoms with Crippen molar-refractivity contribution >= 4 is 33.6 Å². The van der Waals surface area contributed by atoms with Crippen molar-refractivity contribution in [2.75, 3.05) is 0 Å². The summed E-state index contributed by atoms with van der Waals surface area (Å²) in [6, 6.07) is 3.72. The van der Waals surface area contributed by atoms with Gasteiger partial charge in [0.25, 0.3) is 5.89 Å². The number of hydroxylamine groups is 1. The molecule has 0 spiro atoms. The first-order valence-electron chi connectivity index (χ1n) is 5.40. The monoisotopic (exact) mass is 275 g/mol. The smallest absolute Gasteiger partial charge is 0.270 e. The number of pyridine rings is 1. The van der Waals surface area contributed by atoms with Gasteiger partial charge in [-0.1, -0.05) is 5.16 Å². The van der Waals surface area contributed by atoms with Crippen LogP contribution in [-0.4, -0.2) is 26.7 Å². The molecule has 0 unspecified atom stereocenters. The van der Waals surface area contributed by atoms with Crippen molar-refractivity contribution in [1.82, 2.24) is 20.6 Å². The molecule has 3 aromatic rings. The highest BCUT2D eigenvalue weighted by molar-refractivity contribution is 7.22. The molecular formula is C11H9N5O2S. The van der Waals surface area contributed by atoms with Gasteiger partial charge in [-0.25, -0.2) is 9.98 Å². The van der Waals surface area contributed by atoms with Crippen LogP contribution in [0.25, 0.3) is 21.0 Å². The fourth-order valence-corrected chi connectivity index (χ4v) is 2.69. The van der Waals surface area contributed by atoms with Crippen molar-refractivity contribution in [3.63, 3.8) is 0 Å². The minimum Gasteiger partial charge on any atom is -0.333 e. The van der Waals surface area contributed by atoms with Gasteiger partial charge in [0.2, 0.25) is 0 Å². The third-order valence-electron chi connectivity index (χ3n) is 2.41. The van der Waals surface area contributed by atoms with E-state index in [-0.39, 0.29) is 0 Å². The Labute approximate surface area is 111 Å². The highest BCUT2D eigenvalue weighted by Crippen LogP contribution is 2.42. The zero-order chi connectivity index (χ0) is 13.2. The van der Waals surface area contributed by atoms with Crippen molar-refractivity contribution in [3.05, 3.63) is 24.2 Å². The molecule has 3 aromatic heterocycles. The number of aryl methyl sites for hydroxylation is 1. The Balaban J connectivity index is 2.25. The molecule has 7 nitrogen and oxygen atoms in total. The highest BCUT2D eigenvalue weighted by atomic mass is 32.1. The van der Waals surface area contributed by atoms with E-state index >= 15 is 0 Å². The van der Waals surface area contributed by atoms with Gasteiger partial charge in [-0.05, 0) is 19.1 Å². The van der Waals surface area contributed by atoms with Crippen LogP contribution in [0.15, 0.2) is 27.8 Å². The largest absolute Gasteiger partial charge is 0.333 e. The summed E-state index contributed by atoms with van der Waals surface area (Å²) in [5.41, 5.74) is 2.52. The molecule has 0 saturated carbocycles. The van der Waals surface area contributed by atoms with Crippen LogP contribution in [0.3, 0.4) is 0 Å². The Morgan fingerprint density at radius 3 is 3.16 bits per heavy atom. The Hall–Kier alpha value is -2.32. The number of nitrogens with zero attached hydrogens (tertiary/aromatic N) is 4. The van der Waals surface area contributed by atoms with Gasteiger partial charge in [0, 0.05) is 11.6 Å². The summed E-state index contributed by atoms with van der Waals surface area (Å²) in [6.45, 7) is 1.75. The molecule has 8 heteroatoms. The zero-order valence-corrected chi connectivity index (χ0v) is 10.7. The fourth-order valence-electron chi connectivity index (χ4n) is 1.68. The van der Waals surface area contributed by atoms with Crippen LogP contribution in [0.5, 0.6) is 0 Å². The van der Waals surface area contributed by atoms with E-state index in [1.807, 2.05) is 17.6 Å². The van der Waals surface area contributed by atoms with E-state index in [0.29, 0.717) is 17.4 Å². The van der Waals surface area contributed by atoms with Gasteiger partial charge in [-0.15, -0.1) is 11.3 Å². The molecule has 96 valence electrons. The second-order valence-corrected chi connectivity index (χ2v) is 4.67. The topological polar surface area (TPSA) is 96.4 Å². The molecule has 3 heterocycles. The maximum Gasteiger partial charge on any atom is 0.270 e. The van der Waals surface area contributed by atoms with Crippen LogP contribution in [0.2, 0.25) is 0 Å². The van der Waals surface area contributed by atoms with Crippen LogP contribution in [0.1, 0.15) is 5.82 Å². The lowest BCUT2D eigenvalue weighted by atomic mass is 10.2. The number of aromatic nitrogens is 3. The van der Waals surface area contributed by atoms with Crippen molar-refractivity contribution in [1.29, 1.82) is 0 Å². The molecule has 2 N–H and O–H groups in total. The van der Waals surface area contributed by atoms with Gasteiger partial charge in [0.05, 0.1) is 5.69 Å². The van der Waals surface area contributed by atoms with Crippen molar-refractivity contribution in [2.24, 2.45) is 4.99 Å². The summed E-state index contributed by atoms with van der Waals surface area (Å²) in [6.07, 6.45) is 2.89. The number of nitrogens with one attached hydrogen (secondary N) is 1. The predicted molar refractivity (Wildman–Crippen MR) is 70.7 cm³/mol. The Kier molecular flexibility index (Phi) is 2.94. The van der Waals surface area contributed by atoms with E-state index in [2.05, 4.69) is 20.1 Å². The number of aliphatic imine (C=N–C) groups is 1. The third kappa shape index (κ3) is 2.07. The third-order valence-corrected chi connectivity index (χ3v) is 3.50. The molecule has 0 fully saturated rings. The molecule has 0 radical (unpaired) electrons. The lowest BCUT2D eigenvalue weighted by molar-refractivity contribution is 0.240. The molecule has 0 saturated heterocycles. The summed E-state index contributed by atoms with van der Waals surface area (Å²) < 4.78 is 5.17. The average Bonchev–Trinajstić information content (AvgIpc) is 3.00. The number of rotatable bonds is 3. The minimum atomic E-state index is 0.394. The molecule has 0 aliphatic rings. The van der Waals surface area contributed by atoms with Gasteiger partial charge in [0.15, 0.2) is 5.82 Å². The first-order chi connectivity index (χ1) is 9.29. The molecule has 0 amide bonds. The van der Waals surface area contributed by atoms with Gasteiger partial charge >= 0.3 is 0 Å². The predicted octanol–water partition coefficient (Wildman–Crippen LogP) is 2.29. The van der Waals surface area contributed by atoms with E-state index in [0.717, 1.165) is 15.1 Å². The summed E-state index contributed by atoms with van der Waals surface area (Å²) in [5.74, 6) is 0.946. The molecule has 19 heavy (non-hydrogen) atoms. The maximum atomic E-state index is 8.64. The molecule has 0 aliphatic heterocycles. The van der Waals surface area contributed by atoms with E-state index in [1.165, 1.54) is 17.7 Å². The molecule has 3 rings (SSSR count). The number of thiophene rings is 1. The second-order valence-electron chi connectivity index (χ2n) is 3.67. The van der Waals surface area contributed by atoms with Crippen LogP contribution >= 0.6 is 11.3 Å². The maximum absolute atomic E-state index is 8.64. The van der Waals surface area contributed by atoms with Crippen LogP contribution in [0.4, 0.5) is 5.69 Å². The molecular weight excluding hydrogens is 266 g/mol. The normalized spacial score (nSPS) is 11.5. The SMILES string of the molecule is Cc1noc(-c2sc3ncccc3c2N=CNO)n1. The van der Waals surface area contributed by atoms with Crippen LogP contribution < -0.4 is 5.48 Å². The van der Waals surface area contributed by atoms with Crippen LogP contribution in [0, 0.1) is 6.92 Å². The average molecular weight is 275 g/mol. The van der Waals surface area contributed by atoms with Crippen molar-refractivity contribution in [3.8, 4) is 10.8 Å². The van der Waals surface area contributed by atoms with E-state index in [4.69, 9.17) is 9.73 Å². The summed E-state index contributed by atoms with van der Waals surface area (Å²) >= 11 is 1.41. The zero-order valence-electron chi connectivity index (χ0n) is 9.86. The Morgan fingerprint density at radius 2 is 2.42 bits per heavy atom. The number of fused-ring (bicyclic) bond motifs is 1. The standard InChI is InChI=1S/C11H9N5O2S/c1-6-15-10(18-16-6)9-8(13-5-14-17)7-3-2-4-12-11(7)19-9/h2-5,17H,1H3,(H,13,14). The molecule has 0 atom stereocenters. The first kappa shape index (κ1) is 11.8. The van der Waals surface area contributed by atoms with E-state index < -0.39 is 0 Å². The lowest BCUT2D eigenvalue weighted by Crippen LogP contribution is -2.00. The fraction of sp³-hybridized carbons (Fsp3) is 0.0909. The summed E-state index contributed by atoms with van der Waals surface area (Å²) in [4.78, 5) is 14.2. The van der Waals surface area contributed by atoms with E-state index in [9.17, 15) is 0 Å².